The summed E-state index contributed by atoms with van der Waals surface area (Å²) in [5, 5.41) is 44.4. The van der Waals surface area contributed by atoms with Crippen LogP contribution in [0.15, 0.2) is 11.6 Å². The Morgan fingerprint density at radius 3 is 2.15 bits per heavy atom. The number of allylic oxidation sites excluding steroid dienone is 2. The second-order valence-electron chi connectivity index (χ2n) is 20.4. The predicted octanol–water partition coefficient (Wildman–Crippen LogP) is 4.31. The molecule has 0 aromatic heterocycles. The molecule has 1 heterocycles. The van der Waals surface area contributed by atoms with Gasteiger partial charge in [0, 0.05) is 0 Å². The van der Waals surface area contributed by atoms with E-state index in [-0.39, 0.29) is 33.5 Å². The molecule has 4 saturated carbocycles. The highest BCUT2D eigenvalue weighted by molar-refractivity contribution is 5.77. The van der Waals surface area contributed by atoms with Crippen molar-refractivity contribution in [3.05, 3.63) is 11.6 Å². The zero-order chi connectivity index (χ0) is 43.7. The van der Waals surface area contributed by atoms with E-state index in [1.54, 1.807) is 0 Å². The molecular weight excluding hydrogens is 768 g/mol. The zero-order valence-corrected chi connectivity index (χ0v) is 36.5. The van der Waals surface area contributed by atoms with Gasteiger partial charge < -0.3 is 53.6 Å². The highest BCUT2D eigenvalue weighted by atomic mass is 16.7. The lowest BCUT2D eigenvalue weighted by Crippen LogP contribution is -2.66. The summed E-state index contributed by atoms with van der Waals surface area (Å²) in [6, 6.07) is 0. The maximum absolute atomic E-state index is 13.1. The maximum atomic E-state index is 13.1. The molecule has 0 bridgehead atoms. The number of hydrogen-bond acceptors (Lipinski definition) is 14. The van der Waals surface area contributed by atoms with Crippen molar-refractivity contribution in [2.75, 3.05) is 27.9 Å². The number of aliphatic hydroxyl groups is 3. The number of carboxylic acid groups (broad SMARTS) is 1. The van der Waals surface area contributed by atoms with Crippen molar-refractivity contribution in [1.82, 2.24) is 0 Å². The molecule has 5 aliphatic carbocycles. The number of methoxy groups -OCH3 is 3. The molecule has 15 atom stereocenters. The van der Waals surface area contributed by atoms with E-state index in [1.165, 1.54) is 5.57 Å². The van der Waals surface area contributed by atoms with Gasteiger partial charge in [-0.25, -0.2) is 14.4 Å². The van der Waals surface area contributed by atoms with Gasteiger partial charge in [-0.05, 0) is 109 Å². The molecule has 0 aromatic carbocycles. The molecule has 0 amide bonds. The number of ether oxygens (including phenoxy) is 7. The minimum Gasteiger partial charge on any atom is -0.481 e. The first-order valence-electron chi connectivity index (χ1n) is 21.3. The Bertz CT molecular complexity index is 1660. The average Bonchev–Trinajstić information content (AvgIpc) is 3.18. The summed E-state index contributed by atoms with van der Waals surface area (Å²) >= 11 is 0. The van der Waals surface area contributed by atoms with Crippen molar-refractivity contribution in [3.63, 3.8) is 0 Å². The van der Waals surface area contributed by atoms with Crippen LogP contribution in [0.1, 0.15) is 113 Å². The number of aliphatic hydroxyl groups excluding tert-OH is 3. The Labute approximate surface area is 347 Å². The summed E-state index contributed by atoms with van der Waals surface area (Å²) in [5.41, 5.74) is -0.0387. The minimum absolute atomic E-state index is 0.0202. The summed E-state index contributed by atoms with van der Waals surface area (Å²) in [7, 11) is 3.23. The lowest BCUT2D eigenvalue weighted by molar-refractivity contribution is -0.346. The lowest BCUT2D eigenvalue weighted by Gasteiger charge is -2.71. The second kappa shape index (κ2) is 16.2. The van der Waals surface area contributed by atoms with Crippen molar-refractivity contribution >= 4 is 23.9 Å². The SMILES string of the molecule is COC(=O)COC(O[C@@H]1[C@@H](O)[C@H](O[C@H]2CC[C@]3(C)[C@H]4CC=C5[C@@H]6CC(C)(C)CC[C@]6(C(=O)O)CC[C@@]5(C)[C@]4(C)CC[C@H]3C2(C)C)O[C@H](C(=O)OC)[C@H]1O)C(O)C(=O)OC. The van der Waals surface area contributed by atoms with Crippen LogP contribution in [0.5, 0.6) is 0 Å². The molecule has 0 aromatic rings. The third-order valence-corrected chi connectivity index (χ3v) is 16.9. The fraction of sp³-hybridized carbons (Fsp3) is 0.864. The van der Waals surface area contributed by atoms with Gasteiger partial charge in [0.25, 0.3) is 0 Å². The average molecular weight is 837 g/mol. The van der Waals surface area contributed by atoms with Crippen LogP contribution in [-0.2, 0) is 52.3 Å². The van der Waals surface area contributed by atoms with Crippen LogP contribution in [0.2, 0.25) is 0 Å². The minimum atomic E-state index is -2.12. The number of carbonyl (C=O) groups is 4. The van der Waals surface area contributed by atoms with E-state index in [0.717, 1.165) is 66.3 Å². The van der Waals surface area contributed by atoms with Crippen LogP contribution in [0.4, 0.5) is 0 Å². The second-order valence-corrected chi connectivity index (χ2v) is 20.4. The molecule has 59 heavy (non-hydrogen) atoms. The zero-order valence-electron chi connectivity index (χ0n) is 36.5. The number of esters is 3. The van der Waals surface area contributed by atoms with Gasteiger partial charge >= 0.3 is 23.9 Å². The number of carbonyl (C=O) groups excluding carboxylic acids is 3. The Morgan fingerprint density at radius 2 is 1.53 bits per heavy atom. The van der Waals surface area contributed by atoms with E-state index in [2.05, 4.69) is 64.0 Å². The van der Waals surface area contributed by atoms with Gasteiger partial charge in [0.05, 0.1) is 32.8 Å². The maximum Gasteiger partial charge on any atom is 0.340 e. The molecule has 15 nitrogen and oxygen atoms in total. The molecule has 2 unspecified atom stereocenters. The van der Waals surface area contributed by atoms with Crippen LogP contribution >= 0.6 is 0 Å². The van der Waals surface area contributed by atoms with E-state index < -0.39 is 90.5 Å². The molecule has 0 spiro atoms. The molecule has 6 rings (SSSR count). The smallest absolute Gasteiger partial charge is 0.340 e. The fourth-order valence-electron chi connectivity index (χ4n) is 13.2. The quantitative estimate of drug-likeness (QED) is 0.0751. The summed E-state index contributed by atoms with van der Waals surface area (Å²) in [4.78, 5) is 50.3. The topological polar surface area (TPSA) is 214 Å². The number of aliphatic carboxylic acids is 1. The Morgan fingerprint density at radius 1 is 0.847 bits per heavy atom. The van der Waals surface area contributed by atoms with Crippen LogP contribution in [0, 0.1) is 50.2 Å². The first-order chi connectivity index (χ1) is 27.5. The van der Waals surface area contributed by atoms with Crippen molar-refractivity contribution in [2.24, 2.45) is 50.2 Å². The Kier molecular flexibility index (Phi) is 12.6. The van der Waals surface area contributed by atoms with Gasteiger partial charge in [-0.15, -0.1) is 0 Å². The standard InChI is InChI=1S/C44H68O15/c1-39(2)17-19-44(38(51)52)20-18-42(6)23(24(44)21-39)11-12-26-41(5)15-14-27(40(3,4)25(41)13-16-43(26,42)7)57-37-30(47)32(29(46)33(59-37)35(50)55-10)58-36(31(48)34(49)54-9)56-22-28(45)53-8/h11,24-27,29-33,36-37,46-48H,12-22H2,1-10H3,(H,51,52)/t24-,25-,26+,27-,29-,30+,31?,32-,33-,36?,37+,41-,42+,43+,44-/m0/s1. The predicted molar refractivity (Wildman–Crippen MR) is 209 cm³/mol. The van der Waals surface area contributed by atoms with Gasteiger partial charge in [0.2, 0.25) is 6.10 Å². The molecule has 4 N–H and O–H groups in total. The lowest BCUT2D eigenvalue weighted by atomic mass is 9.33. The molecule has 15 heteroatoms. The van der Waals surface area contributed by atoms with Gasteiger partial charge in [0.15, 0.2) is 18.7 Å². The van der Waals surface area contributed by atoms with E-state index in [0.29, 0.717) is 25.2 Å². The first-order valence-corrected chi connectivity index (χ1v) is 21.3. The summed E-state index contributed by atoms with van der Waals surface area (Å²) in [5.74, 6) is -3.14. The van der Waals surface area contributed by atoms with Crippen LogP contribution in [0.25, 0.3) is 0 Å². The van der Waals surface area contributed by atoms with Gasteiger partial charge in [-0.2, -0.15) is 0 Å². The monoisotopic (exact) mass is 836 g/mol. The van der Waals surface area contributed by atoms with Gasteiger partial charge in [-0.3, -0.25) is 4.79 Å². The van der Waals surface area contributed by atoms with Crippen LogP contribution < -0.4 is 0 Å². The van der Waals surface area contributed by atoms with Gasteiger partial charge in [-0.1, -0.05) is 60.1 Å². The van der Waals surface area contributed by atoms with E-state index in [9.17, 15) is 39.6 Å². The Hall–Kier alpha value is -2.66. The van der Waals surface area contributed by atoms with Crippen molar-refractivity contribution in [2.45, 2.75) is 162 Å². The normalized spacial score (nSPS) is 43.2. The third-order valence-electron chi connectivity index (χ3n) is 16.9. The number of rotatable bonds is 11. The number of fused-ring (bicyclic) bond motifs is 7. The molecule has 6 aliphatic rings. The van der Waals surface area contributed by atoms with E-state index in [1.807, 2.05) is 0 Å². The molecule has 1 saturated heterocycles. The number of carboxylic acids is 1. The Balaban J connectivity index is 1.26. The van der Waals surface area contributed by atoms with E-state index >= 15 is 0 Å². The van der Waals surface area contributed by atoms with Gasteiger partial charge in [0.1, 0.15) is 24.9 Å². The van der Waals surface area contributed by atoms with Crippen molar-refractivity contribution < 1.29 is 72.8 Å². The summed E-state index contributed by atoms with van der Waals surface area (Å²) < 4.78 is 37.8. The molecule has 334 valence electrons. The summed E-state index contributed by atoms with van der Waals surface area (Å²) in [6.45, 7) is 15.4. The summed E-state index contributed by atoms with van der Waals surface area (Å²) in [6.07, 6.45) is -2.50. The van der Waals surface area contributed by atoms with Crippen LogP contribution in [-0.4, -0.2) is 121 Å². The number of hydrogen-bond donors (Lipinski definition) is 4. The molecule has 5 fully saturated rings. The highest BCUT2D eigenvalue weighted by Gasteiger charge is 2.69. The third kappa shape index (κ3) is 7.45. The molecule has 0 radical (unpaired) electrons. The van der Waals surface area contributed by atoms with Crippen LogP contribution in [0.3, 0.4) is 0 Å². The van der Waals surface area contributed by atoms with Crippen molar-refractivity contribution in [3.8, 4) is 0 Å². The van der Waals surface area contributed by atoms with Crippen molar-refractivity contribution in [1.29, 1.82) is 0 Å². The largest absolute Gasteiger partial charge is 0.481 e. The highest BCUT2D eigenvalue weighted by Crippen LogP contribution is 2.76. The van der Waals surface area contributed by atoms with E-state index in [4.69, 9.17) is 23.7 Å². The first kappa shape index (κ1) is 45.9. The molecule has 1 aliphatic heterocycles. The molecular formula is C44H68O15. The fourth-order valence-corrected chi connectivity index (χ4v) is 13.2.